The summed E-state index contributed by atoms with van der Waals surface area (Å²) < 4.78 is 0. The Morgan fingerprint density at radius 3 is 2.28 bits per heavy atom. The van der Waals surface area contributed by atoms with Gasteiger partial charge in [-0.3, -0.25) is 0 Å². The lowest BCUT2D eigenvalue weighted by atomic mass is 9.95. The first kappa shape index (κ1) is 14.3. The van der Waals surface area contributed by atoms with Gasteiger partial charge in [-0.2, -0.15) is 0 Å². The molecule has 1 aliphatic carbocycles. The number of hydrogen-bond acceptors (Lipinski definition) is 3. The molecule has 106 valence electrons. The van der Waals surface area contributed by atoms with E-state index in [4.69, 9.17) is 0 Å². The predicted molar refractivity (Wildman–Crippen MR) is 78.0 cm³/mol. The molecule has 18 heavy (non-hydrogen) atoms. The maximum absolute atomic E-state index is 3.75. The van der Waals surface area contributed by atoms with Crippen LogP contribution in [-0.4, -0.2) is 62.2 Å². The SMILES string of the molecule is CN(C)C1CCN(CCNC2CCCCC2)CC1. The minimum Gasteiger partial charge on any atom is -0.313 e. The predicted octanol–water partition coefficient (Wildman–Crippen LogP) is 1.93. The van der Waals surface area contributed by atoms with E-state index in [9.17, 15) is 0 Å². The van der Waals surface area contributed by atoms with Crippen LogP contribution in [0, 0.1) is 0 Å². The van der Waals surface area contributed by atoms with Crippen LogP contribution in [0.15, 0.2) is 0 Å². The van der Waals surface area contributed by atoms with Crippen LogP contribution in [0.2, 0.25) is 0 Å². The highest BCUT2D eigenvalue weighted by Gasteiger charge is 2.20. The topological polar surface area (TPSA) is 18.5 Å². The Kier molecular flexibility index (Phi) is 5.93. The second-order valence-corrected chi connectivity index (χ2v) is 6.33. The van der Waals surface area contributed by atoms with Crippen molar-refractivity contribution < 1.29 is 0 Å². The Hall–Kier alpha value is -0.120. The van der Waals surface area contributed by atoms with Gasteiger partial charge in [0.15, 0.2) is 0 Å². The van der Waals surface area contributed by atoms with Gasteiger partial charge in [0, 0.05) is 25.2 Å². The van der Waals surface area contributed by atoms with Crippen molar-refractivity contribution in [3.8, 4) is 0 Å². The molecule has 0 aromatic rings. The normalized spacial score (nSPS) is 24.8. The molecule has 2 aliphatic rings. The number of likely N-dealkylation sites (tertiary alicyclic amines) is 1. The van der Waals surface area contributed by atoms with Crippen LogP contribution in [-0.2, 0) is 0 Å². The summed E-state index contributed by atoms with van der Waals surface area (Å²) in [6.07, 6.45) is 9.83. The third-order valence-electron chi connectivity index (χ3n) is 4.75. The molecule has 0 spiro atoms. The van der Waals surface area contributed by atoms with E-state index in [0.29, 0.717) is 0 Å². The molecule has 3 nitrogen and oxygen atoms in total. The van der Waals surface area contributed by atoms with Gasteiger partial charge in [-0.15, -0.1) is 0 Å². The molecular weight excluding hydrogens is 222 g/mol. The third-order valence-corrected chi connectivity index (χ3v) is 4.75. The van der Waals surface area contributed by atoms with Gasteiger partial charge in [0.1, 0.15) is 0 Å². The van der Waals surface area contributed by atoms with Gasteiger partial charge in [-0.1, -0.05) is 19.3 Å². The fraction of sp³-hybridized carbons (Fsp3) is 1.00. The van der Waals surface area contributed by atoms with Crippen LogP contribution >= 0.6 is 0 Å². The van der Waals surface area contributed by atoms with Crippen molar-refractivity contribution in [3.05, 3.63) is 0 Å². The van der Waals surface area contributed by atoms with Gasteiger partial charge in [0.2, 0.25) is 0 Å². The average Bonchev–Trinajstić information content (AvgIpc) is 2.40. The van der Waals surface area contributed by atoms with E-state index in [0.717, 1.165) is 12.1 Å². The monoisotopic (exact) mass is 253 g/mol. The summed E-state index contributed by atoms with van der Waals surface area (Å²) in [7, 11) is 4.43. The molecule has 0 bridgehead atoms. The highest BCUT2D eigenvalue weighted by atomic mass is 15.2. The fourth-order valence-electron chi connectivity index (χ4n) is 3.39. The van der Waals surface area contributed by atoms with Crippen LogP contribution in [0.5, 0.6) is 0 Å². The first-order valence-electron chi connectivity index (χ1n) is 7.88. The summed E-state index contributed by atoms with van der Waals surface area (Å²) >= 11 is 0. The van der Waals surface area contributed by atoms with E-state index in [-0.39, 0.29) is 0 Å². The van der Waals surface area contributed by atoms with Crippen molar-refractivity contribution >= 4 is 0 Å². The summed E-state index contributed by atoms with van der Waals surface area (Å²) in [6, 6.07) is 1.63. The van der Waals surface area contributed by atoms with Crippen LogP contribution in [0.4, 0.5) is 0 Å². The van der Waals surface area contributed by atoms with E-state index >= 15 is 0 Å². The second kappa shape index (κ2) is 7.46. The number of nitrogens with one attached hydrogen (secondary N) is 1. The number of hydrogen-bond donors (Lipinski definition) is 1. The highest BCUT2D eigenvalue weighted by Crippen LogP contribution is 2.17. The van der Waals surface area contributed by atoms with Crippen LogP contribution in [0.3, 0.4) is 0 Å². The molecule has 1 saturated heterocycles. The molecule has 1 N–H and O–H groups in total. The average molecular weight is 253 g/mol. The number of rotatable bonds is 5. The van der Waals surface area contributed by atoms with E-state index < -0.39 is 0 Å². The molecule has 2 rings (SSSR count). The minimum atomic E-state index is 0.813. The molecule has 0 aromatic heterocycles. The Morgan fingerprint density at radius 1 is 1.00 bits per heavy atom. The first-order valence-corrected chi connectivity index (χ1v) is 7.88. The van der Waals surface area contributed by atoms with Crippen molar-refractivity contribution in [1.82, 2.24) is 15.1 Å². The molecule has 0 radical (unpaired) electrons. The quantitative estimate of drug-likeness (QED) is 0.808. The smallest absolute Gasteiger partial charge is 0.0113 e. The minimum absolute atomic E-state index is 0.813. The molecule has 0 amide bonds. The van der Waals surface area contributed by atoms with Crippen molar-refractivity contribution in [2.45, 2.75) is 57.0 Å². The van der Waals surface area contributed by atoms with Crippen molar-refractivity contribution in [2.24, 2.45) is 0 Å². The summed E-state index contributed by atoms with van der Waals surface area (Å²) in [5.74, 6) is 0. The zero-order valence-corrected chi connectivity index (χ0v) is 12.3. The van der Waals surface area contributed by atoms with E-state index in [1.165, 1.54) is 71.1 Å². The van der Waals surface area contributed by atoms with Gasteiger partial charge in [0.05, 0.1) is 0 Å². The van der Waals surface area contributed by atoms with E-state index in [1.54, 1.807) is 0 Å². The largest absolute Gasteiger partial charge is 0.313 e. The van der Waals surface area contributed by atoms with Crippen molar-refractivity contribution in [2.75, 3.05) is 40.3 Å². The van der Waals surface area contributed by atoms with Crippen LogP contribution < -0.4 is 5.32 Å². The third kappa shape index (κ3) is 4.52. The van der Waals surface area contributed by atoms with Crippen molar-refractivity contribution in [3.63, 3.8) is 0 Å². The highest BCUT2D eigenvalue weighted by molar-refractivity contribution is 4.78. The molecule has 0 atom stereocenters. The number of piperidine rings is 1. The standard InChI is InChI=1S/C15H31N3/c1-17(2)15-8-11-18(12-9-15)13-10-16-14-6-4-3-5-7-14/h14-16H,3-13H2,1-2H3. The molecule has 1 heterocycles. The lowest BCUT2D eigenvalue weighted by Crippen LogP contribution is -2.45. The maximum Gasteiger partial charge on any atom is 0.0113 e. The zero-order valence-electron chi connectivity index (χ0n) is 12.3. The van der Waals surface area contributed by atoms with Gasteiger partial charge >= 0.3 is 0 Å². The van der Waals surface area contributed by atoms with Gasteiger partial charge in [-0.05, 0) is 52.9 Å². The fourth-order valence-corrected chi connectivity index (χ4v) is 3.39. The molecule has 0 unspecified atom stereocenters. The van der Waals surface area contributed by atoms with Gasteiger partial charge in [-0.25, -0.2) is 0 Å². The Morgan fingerprint density at radius 2 is 1.67 bits per heavy atom. The molecule has 1 aliphatic heterocycles. The molecule has 3 heteroatoms. The lowest BCUT2D eigenvalue weighted by molar-refractivity contribution is 0.144. The summed E-state index contributed by atoms with van der Waals surface area (Å²) in [4.78, 5) is 5.02. The lowest BCUT2D eigenvalue weighted by Gasteiger charge is -2.35. The molecule has 1 saturated carbocycles. The summed E-state index contributed by atoms with van der Waals surface area (Å²) in [6.45, 7) is 5.01. The number of nitrogens with zero attached hydrogens (tertiary/aromatic N) is 2. The molecular formula is C15H31N3. The Bertz CT molecular complexity index is 216. The van der Waals surface area contributed by atoms with Crippen molar-refractivity contribution in [1.29, 1.82) is 0 Å². The van der Waals surface area contributed by atoms with Crippen LogP contribution in [0.25, 0.3) is 0 Å². The van der Waals surface area contributed by atoms with Gasteiger partial charge in [0.25, 0.3) is 0 Å². The summed E-state index contributed by atoms with van der Waals surface area (Å²) in [5, 5.41) is 3.75. The Labute approximate surface area is 113 Å². The maximum atomic E-state index is 3.75. The first-order chi connectivity index (χ1) is 8.75. The second-order valence-electron chi connectivity index (χ2n) is 6.33. The Balaban J connectivity index is 1.55. The van der Waals surface area contributed by atoms with Gasteiger partial charge < -0.3 is 15.1 Å². The summed E-state index contributed by atoms with van der Waals surface area (Å²) in [5.41, 5.74) is 0. The van der Waals surface area contributed by atoms with E-state index in [2.05, 4.69) is 29.2 Å². The van der Waals surface area contributed by atoms with E-state index in [1.807, 2.05) is 0 Å². The molecule has 0 aromatic carbocycles. The molecule has 2 fully saturated rings. The van der Waals surface area contributed by atoms with Crippen LogP contribution in [0.1, 0.15) is 44.9 Å². The zero-order chi connectivity index (χ0) is 12.8.